The predicted molar refractivity (Wildman–Crippen MR) is 111 cm³/mol. The topological polar surface area (TPSA) is 49.8 Å². The molecule has 4 aliphatic rings. The van der Waals surface area contributed by atoms with Crippen LogP contribution < -0.4 is 5.32 Å². The van der Waals surface area contributed by atoms with Gasteiger partial charge in [0.05, 0.1) is 24.6 Å². The van der Waals surface area contributed by atoms with Crippen LogP contribution in [0.25, 0.3) is 0 Å². The second-order valence-electron chi connectivity index (χ2n) is 8.45. The third kappa shape index (κ3) is 2.64. The first-order valence-corrected chi connectivity index (χ1v) is 10.2. The summed E-state index contributed by atoms with van der Waals surface area (Å²) >= 11 is 0. The lowest BCUT2D eigenvalue weighted by molar-refractivity contribution is 0.126. The van der Waals surface area contributed by atoms with Crippen LogP contribution in [-0.2, 0) is 4.74 Å². The van der Waals surface area contributed by atoms with E-state index in [1.54, 1.807) is 0 Å². The summed E-state index contributed by atoms with van der Waals surface area (Å²) in [5, 5.41) is 10.7. The van der Waals surface area contributed by atoms with E-state index in [1.165, 1.54) is 28.0 Å². The van der Waals surface area contributed by atoms with E-state index in [-0.39, 0.29) is 12.0 Å². The standard InChI is InChI=1S/C23H28N4O/c1-13-10-24-15(3)14(2)22(13)17-5-6-19-21(9-17)26-16(4)20-11-25-27(23(19)20)18-7-8-28-12-18/h5-6,10-11,17-18,20,23,26H,4,7-9,12H2,1-3H3/t17?,18-,20?,23?/m0/s1. The highest BCUT2D eigenvalue weighted by Gasteiger charge is 2.44. The summed E-state index contributed by atoms with van der Waals surface area (Å²) in [6.45, 7) is 12.4. The summed E-state index contributed by atoms with van der Waals surface area (Å²) < 4.78 is 5.63. The van der Waals surface area contributed by atoms with E-state index in [0.717, 1.165) is 37.4 Å². The number of hydrogen-bond donors (Lipinski definition) is 1. The second-order valence-corrected chi connectivity index (χ2v) is 8.45. The monoisotopic (exact) mass is 376 g/mol. The van der Waals surface area contributed by atoms with Crippen molar-refractivity contribution >= 4 is 6.21 Å². The van der Waals surface area contributed by atoms with Crippen LogP contribution in [0.3, 0.4) is 0 Å². The molecule has 0 aromatic carbocycles. The van der Waals surface area contributed by atoms with Crippen molar-refractivity contribution in [3.8, 4) is 0 Å². The number of aromatic nitrogens is 1. The minimum atomic E-state index is 0.229. The quantitative estimate of drug-likeness (QED) is 0.858. The van der Waals surface area contributed by atoms with Gasteiger partial charge in [-0.2, -0.15) is 5.10 Å². The van der Waals surface area contributed by atoms with Gasteiger partial charge in [-0.1, -0.05) is 18.7 Å². The molecule has 5 heteroatoms. The molecule has 1 saturated heterocycles. The third-order valence-electron chi connectivity index (χ3n) is 6.77. The minimum Gasteiger partial charge on any atom is -0.379 e. The zero-order valence-corrected chi connectivity index (χ0v) is 16.9. The van der Waals surface area contributed by atoms with Crippen LogP contribution >= 0.6 is 0 Å². The molecule has 1 aromatic rings. The number of pyridine rings is 1. The lowest BCUT2D eigenvalue weighted by atomic mass is 9.78. The SMILES string of the molecule is C=C1NC2=C(C=CC(c3c(C)cnc(C)c3C)C2)C2C1C=NN2[C@H]1CCOC1. The van der Waals surface area contributed by atoms with E-state index in [9.17, 15) is 0 Å². The Morgan fingerprint density at radius 2 is 2.14 bits per heavy atom. The van der Waals surface area contributed by atoms with Crippen molar-refractivity contribution in [2.75, 3.05) is 13.2 Å². The smallest absolute Gasteiger partial charge is 0.0873 e. The molecule has 1 aliphatic carbocycles. The first kappa shape index (κ1) is 17.7. The maximum atomic E-state index is 5.63. The zero-order valence-electron chi connectivity index (χ0n) is 16.9. The number of hydrogen-bond acceptors (Lipinski definition) is 5. The maximum Gasteiger partial charge on any atom is 0.0873 e. The van der Waals surface area contributed by atoms with Gasteiger partial charge in [-0.15, -0.1) is 0 Å². The molecule has 0 saturated carbocycles. The van der Waals surface area contributed by atoms with Crippen LogP contribution in [0.2, 0.25) is 0 Å². The molecule has 1 aromatic heterocycles. The van der Waals surface area contributed by atoms with Gasteiger partial charge in [0.15, 0.2) is 0 Å². The third-order valence-corrected chi connectivity index (χ3v) is 6.77. The van der Waals surface area contributed by atoms with Crippen LogP contribution in [-0.4, -0.2) is 41.5 Å². The van der Waals surface area contributed by atoms with Gasteiger partial charge in [0.2, 0.25) is 0 Å². The number of nitrogens with one attached hydrogen (secondary N) is 1. The average Bonchev–Trinajstić information content (AvgIpc) is 3.35. The Bertz CT molecular complexity index is 923. The highest BCUT2D eigenvalue weighted by molar-refractivity contribution is 5.71. The highest BCUT2D eigenvalue weighted by atomic mass is 16.5. The average molecular weight is 377 g/mol. The number of rotatable bonds is 2. The van der Waals surface area contributed by atoms with Gasteiger partial charge in [-0.05, 0) is 55.9 Å². The van der Waals surface area contributed by atoms with E-state index in [1.807, 2.05) is 6.20 Å². The fourth-order valence-corrected chi connectivity index (χ4v) is 5.16. The fourth-order valence-electron chi connectivity index (χ4n) is 5.16. The van der Waals surface area contributed by atoms with Gasteiger partial charge >= 0.3 is 0 Å². The van der Waals surface area contributed by atoms with Crippen LogP contribution in [0.5, 0.6) is 0 Å². The number of ether oxygens (including phenoxy) is 1. The van der Waals surface area contributed by atoms with E-state index in [4.69, 9.17) is 9.84 Å². The molecular formula is C23H28N4O. The molecule has 0 radical (unpaired) electrons. The van der Waals surface area contributed by atoms with Gasteiger partial charge in [0.25, 0.3) is 0 Å². The molecule has 0 bridgehead atoms. The molecule has 1 fully saturated rings. The van der Waals surface area contributed by atoms with Crippen molar-refractivity contribution in [1.82, 2.24) is 15.3 Å². The summed E-state index contributed by atoms with van der Waals surface area (Å²) in [7, 11) is 0. The van der Waals surface area contributed by atoms with Gasteiger partial charge < -0.3 is 10.1 Å². The van der Waals surface area contributed by atoms with Gasteiger partial charge in [-0.25, -0.2) is 0 Å². The number of hydrazone groups is 1. The molecule has 3 aliphatic heterocycles. The van der Waals surface area contributed by atoms with Crippen LogP contribution in [0.1, 0.15) is 41.1 Å². The van der Waals surface area contributed by atoms with Crippen LogP contribution in [0.4, 0.5) is 0 Å². The van der Waals surface area contributed by atoms with Crippen molar-refractivity contribution in [2.24, 2.45) is 11.0 Å². The zero-order chi connectivity index (χ0) is 19.4. The molecule has 5 nitrogen and oxygen atoms in total. The molecule has 28 heavy (non-hydrogen) atoms. The molecule has 0 spiro atoms. The first-order valence-electron chi connectivity index (χ1n) is 10.2. The summed E-state index contributed by atoms with van der Waals surface area (Å²) in [4.78, 5) is 4.52. The largest absolute Gasteiger partial charge is 0.379 e. The second kappa shape index (κ2) is 6.59. The molecule has 4 heterocycles. The molecule has 3 unspecified atom stereocenters. The van der Waals surface area contributed by atoms with Gasteiger partial charge in [0, 0.05) is 42.0 Å². The fraction of sp³-hybridized carbons (Fsp3) is 0.478. The molecule has 1 N–H and O–H groups in total. The molecule has 146 valence electrons. The summed E-state index contributed by atoms with van der Waals surface area (Å²) in [5.74, 6) is 0.593. The Balaban J connectivity index is 1.49. The first-order chi connectivity index (χ1) is 13.5. The van der Waals surface area contributed by atoms with Crippen molar-refractivity contribution < 1.29 is 4.74 Å². The Labute approximate surface area is 166 Å². The van der Waals surface area contributed by atoms with Crippen LogP contribution in [0.15, 0.2) is 47.0 Å². The predicted octanol–water partition coefficient (Wildman–Crippen LogP) is 3.50. The number of fused-ring (bicyclic) bond motifs is 2. The van der Waals surface area contributed by atoms with Crippen molar-refractivity contribution in [3.63, 3.8) is 0 Å². The van der Waals surface area contributed by atoms with Crippen molar-refractivity contribution in [2.45, 2.75) is 51.6 Å². The van der Waals surface area contributed by atoms with Crippen LogP contribution in [0, 0.1) is 26.7 Å². The lowest BCUT2D eigenvalue weighted by Crippen LogP contribution is -2.47. The van der Waals surface area contributed by atoms with E-state index in [2.05, 4.69) is 61.0 Å². The molecule has 5 rings (SSSR count). The Kier molecular flexibility index (Phi) is 4.16. The normalized spacial score (nSPS) is 31.2. The van der Waals surface area contributed by atoms with E-state index < -0.39 is 0 Å². The maximum absolute atomic E-state index is 5.63. The number of nitrogens with zero attached hydrogens (tertiary/aromatic N) is 3. The van der Waals surface area contributed by atoms with E-state index >= 15 is 0 Å². The lowest BCUT2D eigenvalue weighted by Gasteiger charge is -2.40. The molecule has 0 amide bonds. The van der Waals surface area contributed by atoms with E-state index in [0.29, 0.717) is 12.0 Å². The van der Waals surface area contributed by atoms with Gasteiger partial charge in [0.1, 0.15) is 0 Å². The summed E-state index contributed by atoms with van der Waals surface area (Å²) in [6, 6.07) is 0.610. The van der Waals surface area contributed by atoms with Crippen molar-refractivity contribution in [3.05, 3.63) is 64.3 Å². The van der Waals surface area contributed by atoms with Gasteiger partial charge in [-0.3, -0.25) is 9.99 Å². The Hall–Kier alpha value is -2.40. The summed E-state index contributed by atoms with van der Waals surface area (Å²) in [5.41, 5.74) is 8.81. The molecule has 4 atom stereocenters. The molecular weight excluding hydrogens is 348 g/mol. The van der Waals surface area contributed by atoms with Crippen molar-refractivity contribution in [1.29, 1.82) is 0 Å². The highest BCUT2D eigenvalue weighted by Crippen LogP contribution is 2.43. The Morgan fingerprint density at radius 1 is 1.29 bits per heavy atom. The number of aryl methyl sites for hydroxylation is 2. The Morgan fingerprint density at radius 3 is 2.93 bits per heavy atom. The summed E-state index contributed by atoms with van der Waals surface area (Å²) in [6.07, 6.45) is 10.8. The number of allylic oxidation sites excluding steroid dienone is 2. The minimum absolute atomic E-state index is 0.229.